The SMILES string of the molecule is COC1CCN(C(=O)c2cc(F)cc(I)c2)CC1. The molecule has 1 saturated heterocycles. The van der Waals surface area contributed by atoms with Crippen molar-refractivity contribution < 1.29 is 13.9 Å². The van der Waals surface area contributed by atoms with E-state index in [9.17, 15) is 9.18 Å². The van der Waals surface area contributed by atoms with E-state index < -0.39 is 0 Å². The Hall–Kier alpha value is -0.690. The summed E-state index contributed by atoms with van der Waals surface area (Å²) in [7, 11) is 1.69. The molecule has 0 aliphatic carbocycles. The highest BCUT2D eigenvalue weighted by atomic mass is 127. The largest absolute Gasteiger partial charge is 0.381 e. The van der Waals surface area contributed by atoms with Gasteiger partial charge in [-0.15, -0.1) is 0 Å². The molecular formula is C13H15FINO2. The first-order chi connectivity index (χ1) is 8.60. The van der Waals surface area contributed by atoms with Gasteiger partial charge in [0.15, 0.2) is 0 Å². The number of benzene rings is 1. The fraction of sp³-hybridized carbons (Fsp3) is 0.462. The minimum absolute atomic E-state index is 0.0954. The lowest BCUT2D eigenvalue weighted by atomic mass is 10.1. The average Bonchev–Trinajstić information content (AvgIpc) is 2.37. The van der Waals surface area contributed by atoms with Crippen molar-refractivity contribution in [1.29, 1.82) is 0 Å². The molecule has 1 amide bonds. The van der Waals surface area contributed by atoms with E-state index in [0.29, 0.717) is 18.7 Å². The maximum Gasteiger partial charge on any atom is 0.253 e. The number of hydrogen-bond donors (Lipinski definition) is 0. The van der Waals surface area contributed by atoms with E-state index in [1.54, 1.807) is 18.1 Å². The second-order valence-electron chi connectivity index (χ2n) is 4.39. The number of amides is 1. The number of piperidine rings is 1. The second kappa shape index (κ2) is 5.97. The highest BCUT2D eigenvalue weighted by molar-refractivity contribution is 14.1. The van der Waals surface area contributed by atoms with Gasteiger partial charge < -0.3 is 9.64 Å². The first-order valence-electron chi connectivity index (χ1n) is 5.88. The monoisotopic (exact) mass is 363 g/mol. The van der Waals surface area contributed by atoms with Crippen molar-refractivity contribution in [3.63, 3.8) is 0 Å². The zero-order chi connectivity index (χ0) is 13.1. The Morgan fingerprint density at radius 3 is 2.61 bits per heavy atom. The molecule has 1 aliphatic heterocycles. The van der Waals surface area contributed by atoms with Gasteiger partial charge in [0.1, 0.15) is 5.82 Å². The smallest absolute Gasteiger partial charge is 0.253 e. The third kappa shape index (κ3) is 3.20. The Morgan fingerprint density at radius 1 is 1.39 bits per heavy atom. The van der Waals surface area contributed by atoms with Crippen LogP contribution in [0.15, 0.2) is 18.2 Å². The number of methoxy groups -OCH3 is 1. The molecule has 98 valence electrons. The molecule has 1 heterocycles. The van der Waals surface area contributed by atoms with Crippen LogP contribution in [0.1, 0.15) is 23.2 Å². The lowest BCUT2D eigenvalue weighted by Crippen LogP contribution is -2.40. The molecule has 1 aliphatic rings. The number of rotatable bonds is 2. The molecule has 1 aromatic rings. The Kier molecular flexibility index (Phi) is 4.55. The van der Waals surface area contributed by atoms with E-state index in [0.717, 1.165) is 16.4 Å². The van der Waals surface area contributed by atoms with Gasteiger partial charge in [-0.25, -0.2) is 4.39 Å². The molecule has 1 aromatic carbocycles. The van der Waals surface area contributed by atoms with Gasteiger partial charge in [-0.3, -0.25) is 4.79 Å². The van der Waals surface area contributed by atoms with Crippen LogP contribution in [0.4, 0.5) is 4.39 Å². The molecule has 5 heteroatoms. The van der Waals surface area contributed by atoms with Gasteiger partial charge in [-0.1, -0.05) is 0 Å². The van der Waals surface area contributed by atoms with Crippen molar-refractivity contribution in [2.24, 2.45) is 0 Å². The predicted octanol–water partition coefficient (Wildman–Crippen LogP) is 2.68. The third-order valence-corrected chi connectivity index (χ3v) is 3.79. The zero-order valence-corrected chi connectivity index (χ0v) is 12.3. The van der Waals surface area contributed by atoms with E-state index in [2.05, 4.69) is 0 Å². The molecule has 0 radical (unpaired) electrons. The summed E-state index contributed by atoms with van der Waals surface area (Å²) in [6, 6.07) is 4.43. The Labute approximate surface area is 119 Å². The predicted molar refractivity (Wildman–Crippen MR) is 75.1 cm³/mol. The molecule has 3 nitrogen and oxygen atoms in total. The summed E-state index contributed by atoms with van der Waals surface area (Å²) < 4.78 is 19.3. The molecule has 0 bridgehead atoms. The summed E-state index contributed by atoms with van der Waals surface area (Å²) in [5, 5.41) is 0. The maximum atomic E-state index is 13.3. The molecule has 2 rings (SSSR count). The number of ether oxygens (including phenoxy) is 1. The van der Waals surface area contributed by atoms with Gasteiger partial charge in [0.05, 0.1) is 6.10 Å². The Balaban J connectivity index is 2.07. The van der Waals surface area contributed by atoms with Crippen molar-refractivity contribution in [2.45, 2.75) is 18.9 Å². The molecule has 0 N–H and O–H groups in total. The van der Waals surface area contributed by atoms with Crippen molar-refractivity contribution in [3.8, 4) is 0 Å². The summed E-state index contributed by atoms with van der Waals surface area (Å²) >= 11 is 2.01. The number of hydrogen-bond acceptors (Lipinski definition) is 2. The first-order valence-corrected chi connectivity index (χ1v) is 6.96. The maximum absolute atomic E-state index is 13.3. The fourth-order valence-corrected chi connectivity index (χ4v) is 2.79. The number of carbonyl (C=O) groups is 1. The van der Waals surface area contributed by atoms with Crippen molar-refractivity contribution in [1.82, 2.24) is 4.90 Å². The molecule has 18 heavy (non-hydrogen) atoms. The molecule has 0 aromatic heterocycles. The molecule has 0 spiro atoms. The fourth-order valence-electron chi connectivity index (χ4n) is 2.15. The normalized spacial score (nSPS) is 16.9. The lowest BCUT2D eigenvalue weighted by molar-refractivity contribution is 0.0350. The average molecular weight is 363 g/mol. The summed E-state index contributed by atoms with van der Waals surface area (Å²) in [6.07, 6.45) is 1.92. The minimum atomic E-state index is -0.364. The third-order valence-electron chi connectivity index (χ3n) is 3.17. The lowest BCUT2D eigenvalue weighted by Gasteiger charge is -2.31. The number of halogens is 2. The quantitative estimate of drug-likeness (QED) is 0.757. The Morgan fingerprint density at radius 2 is 2.06 bits per heavy atom. The molecular weight excluding hydrogens is 348 g/mol. The molecule has 0 saturated carbocycles. The summed E-state index contributed by atoms with van der Waals surface area (Å²) in [6.45, 7) is 1.34. The summed E-state index contributed by atoms with van der Waals surface area (Å²) in [5.41, 5.74) is 0.426. The van der Waals surface area contributed by atoms with Crippen LogP contribution in [-0.2, 0) is 4.74 Å². The van der Waals surface area contributed by atoms with E-state index in [-0.39, 0.29) is 17.8 Å². The van der Waals surface area contributed by atoms with Crippen LogP contribution in [0.3, 0.4) is 0 Å². The van der Waals surface area contributed by atoms with Crippen LogP contribution in [0.2, 0.25) is 0 Å². The van der Waals surface area contributed by atoms with E-state index in [1.807, 2.05) is 22.6 Å². The van der Waals surface area contributed by atoms with Crippen LogP contribution in [0.25, 0.3) is 0 Å². The van der Waals surface area contributed by atoms with Crippen LogP contribution in [-0.4, -0.2) is 37.1 Å². The number of likely N-dealkylation sites (tertiary alicyclic amines) is 1. The molecule has 1 fully saturated rings. The van der Waals surface area contributed by atoms with Gasteiger partial charge >= 0.3 is 0 Å². The van der Waals surface area contributed by atoms with E-state index in [4.69, 9.17) is 4.74 Å². The van der Waals surface area contributed by atoms with Crippen LogP contribution in [0.5, 0.6) is 0 Å². The van der Waals surface area contributed by atoms with Gasteiger partial charge in [0, 0.05) is 29.3 Å². The second-order valence-corrected chi connectivity index (χ2v) is 5.63. The van der Waals surface area contributed by atoms with Crippen LogP contribution < -0.4 is 0 Å². The number of nitrogens with zero attached hydrogens (tertiary/aromatic N) is 1. The van der Waals surface area contributed by atoms with Gasteiger partial charge in [0.25, 0.3) is 5.91 Å². The van der Waals surface area contributed by atoms with Crippen molar-refractivity contribution in [3.05, 3.63) is 33.1 Å². The summed E-state index contributed by atoms with van der Waals surface area (Å²) in [5.74, 6) is -0.459. The van der Waals surface area contributed by atoms with Crippen LogP contribution in [0, 0.1) is 9.39 Å². The van der Waals surface area contributed by atoms with Crippen molar-refractivity contribution >= 4 is 28.5 Å². The van der Waals surface area contributed by atoms with E-state index in [1.165, 1.54) is 12.1 Å². The van der Waals surface area contributed by atoms with Gasteiger partial charge in [-0.05, 0) is 53.6 Å². The first kappa shape index (κ1) is 13.7. The van der Waals surface area contributed by atoms with Crippen molar-refractivity contribution in [2.75, 3.05) is 20.2 Å². The standard InChI is InChI=1S/C13H15FINO2/c1-18-12-2-4-16(5-3-12)13(17)9-6-10(14)8-11(15)7-9/h6-8,12H,2-5H2,1H3. The Bertz CT molecular complexity index is 424. The number of carbonyl (C=O) groups excluding carboxylic acids is 1. The topological polar surface area (TPSA) is 29.5 Å². The van der Waals surface area contributed by atoms with Gasteiger partial charge in [0.2, 0.25) is 0 Å². The van der Waals surface area contributed by atoms with E-state index >= 15 is 0 Å². The highest BCUT2D eigenvalue weighted by Gasteiger charge is 2.23. The summed E-state index contributed by atoms with van der Waals surface area (Å²) in [4.78, 5) is 14.0. The highest BCUT2D eigenvalue weighted by Crippen LogP contribution is 2.18. The molecule has 0 atom stereocenters. The minimum Gasteiger partial charge on any atom is -0.381 e. The molecule has 0 unspecified atom stereocenters. The van der Waals surface area contributed by atoms with Gasteiger partial charge in [-0.2, -0.15) is 0 Å². The van der Waals surface area contributed by atoms with Crippen LogP contribution >= 0.6 is 22.6 Å². The zero-order valence-electron chi connectivity index (χ0n) is 10.2.